The molecule has 1 aromatic heterocycles. The second-order valence-corrected chi connectivity index (χ2v) is 4.89. The van der Waals surface area contributed by atoms with Crippen molar-refractivity contribution in [3.63, 3.8) is 0 Å². The molecule has 2 rings (SSSR count). The minimum Gasteiger partial charge on any atom is -0.367 e. The van der Waals surface area contributed by atoms with Gasteiger partial charge in [-0.05, 0) is 18.8 Å². The number of amides is 3. The van der Waals surface area contributed by atoms with Crippen molar-refractivity contribution < 1.29 is 9.59 Å². The van der Waals surface area contributed by atoms with Crippen LogP contribution in [0.2, 0.25) is 0 Å². The number of primary amides is 1. The number of anilines is 1. The summed E-state index contributed by atoms with van der Waals surface area (Å²) >= 11 is 0. The Bertz CT molecular complexity index is 487. The zero-order valence-corrected chi connectivity index (χ0v) is 11.2. The maximum absolute atomic E-state index is 12.1. The maximum atomic E-state index is 12.1. The highest BCUT2D eigenvalue weighted by atomic mass is 16.2. The van der Waals surface area contributed by atoms with E-state index in [1.165, 1.54) is 11.0 Å². The predicted molar refractivity (Wildman–Crippen MR) is 71.3 cm³/mol. The largest absolute Gasteiger partial charge is 0.367 e. The molecule has 1 aliphatic heterocycles. The first kappa shape index (κ1) is 14.1. The van der Waals surface area contributed by atoms with Crippen LogP contribution in [0, 0.1) is 5.92 Å². The average molecular weight is 281 g/mol. The maximum Gasteiger partial charge on any atom is 0.312 e. The zero-order valence-electron chi connectivity index (χ0n) is 11.2. The normalized spacial score (nSPS) is 18.8. The van der Waals surface area contributed by atoms with Crippen molar-refractivity contribution in [2.24, 2.45) is 11.7 Å². The van der Waals surface area contributed by atoms with E-state index >= 15 is 0 Å². The van der Waals surface area contributed by atoms with Crippen LogP contribution in [0.25, 0.3) is 0 Å². The van der Waals surface area contributed by atoms with Gasteiger partial charge in [0.05, 0.1) is 0 Å². The molecule has 0 spiro atoms. The fourth-order valence-electron chi connectivity index (χ4n) is 2.33. The highest BCUT2D eigenvalue weighted by Crippen LogP contribution is 2.16. The lowest BCUT2D eigenvalue weighted by Gasteiger charge is -2.32. The Morgan fingerprint density at radius 1 is 1.50 bits per heavy atom. The number of aromatic nitrogens is 3. The first-order chi connectivity index (χ1) is 9.54. The van der Waals surface area contributed by atoms with Gasteiger partial charge in [-0.3, -0.25) is 4.79 Å². The summed E-state index contributed by atoms with van der Waals surface area (Å²) in [5.74, 6) is 0.361. The Morgan fingerprint density at radius 3 is 2.95 bits per heavy atom. The molecule has 3 amide bonds. The number of carbonyl (C=O) groups is 2. The van der Waals surface area contributed by atoms with Crippen molar-refractivity contribution in [1.82, 2.24) is 25.0 Å². The van der Waals surface area contributed by atoms with Crippen LogP contribution in [0.1, 0.15) is 12.8 Å². The number of hydrogen-bond donors (Lipinski definition) is 3. The smallest absolute Gasteiger partial charge is 0.312 e. The Labute approximate surface area is 116 Å². The molecule has 9 nitrogen and oxygen atoms in total. The van der Waals surface area contributed by atoms with E-state index in [9.17, 15) is 9.59 Å². The molecule has 110 valence electrons. The van der Waals surface area contributed by atoms with E-state index in [0.29, 0.717) is 13.1 Å². The van der Waals surface area contributed by atoms with E-state index in [1.807, 2.05) is 0 Å². The Kier molecular flexibility index (Phi) is 4.38. The first-order valence-corrected chi connectivity index (χ1v) is 6.50. The molecule has 0 bridgehead atoms. The predicted octanol–water partition coefficient (Wildman–Crippen LogP) is -1.23. The number of nitrogens with two attached hydrogens (primary N) is 2. The second kappa shape index (κ2) is 6.22. The third kappa shape index (κ3) is 3.84. The monoisotopic (exact) mass is 281 g/mol. The number of hydrogen-bond acceptors (Lipinski definition) is 5. The van der Waals surface area contributed by atoms with Crippen LogP contribution in [0.5, 0.6) is 0 Å². The average Bonchev–Trinajstić information content (AvgIpc) is 2.82. The highest BCUT2D eigenvalue weighted by Gasteiger charge is 2.24. The van der Waals surface area contributed by atoms with Crippen molar-refractivity contribution in [3.05, 3.63) is 6.33 Å². The molecule has 1 atom stereocenters. The summed E-state index contributed by atoms with van der Waals surface area (Å²) in [4.78, 5) is 28.4. The molecule has 5 N–H and O–H groups in total. The molecule has 0 saturated carbocycles. The van der Waals surface area contributed by atoms with Crippen LogP contribution >= 0.6 is 0 Å². The summed E-state index contributed by atoms with van der Waals surface area (Å²) in [6, 6.07) is -0.536. The lowest BCUT2D eigenvalue weighted by atomic mass is 9.98. The molecule has 2 heterocycles. The fourth-order valence-corrected chi connectivity index (χ4v) is 2.33. The van der Waals surface area contributed by atoms with Crippen LogP contribution in [0.3, 0.4) is 0 Å². The molecule has 9 heteroatoms. The van der Waals surface area contributed by atoms with E-state index in [2.05, 4.69) is 15.4 Å². The molecule has 20 heavy (non-hydrogen) atoms. The Balaban J connectivity index is 1.84. The van der Waals surface area contributed by atoms with Gasteiger partial charge in [-0.15, -0.1) is 5.10 Å². The molecule has 1 fully saturated rings. The third-order valence-electron chi connectivity index (χ3n) is 3.29. The van der Waals surface area contributed by atoms with Crippen LogP contribution in [-0.2, 0) is 11.3 Å². The fraction of sp³-hybridized carbons (Fsp3) is 0.636. The quantitative estimate of drug-likeness (QED) is 0.635. The highest BCUT2D eigenvalue weighted by molar-refractivity contribution is 5.76. The van der Waals surface area contributed by atoms with Crippen LogP contribution in [-0.4, -0.2) is 51.2 Å². The zero-order chi connectivity index (χ0) is 14.5. The van der Waals surface area contributed by atoms with Crippen molar-refractivity contribution >= 4 is 17.9 Å². The number of nitrogens with one attached hydrogen (secondary N) is 1. The summed E-state index contributed by atoms with van der Waals surface area (Å²) in [6.45, 7) is 1.95. The van der Waals surface area contributed by atoms with Crippen molar-refractivity contribution in [3.8, 4) is 0 Å². The number of carbonyl (C=O) groups excluding carboxylic acids is 2. The van der Waals surface area contributed by atoms with Gasteiger partial charge < -0.3 is 21.7 Å². The van der Waals surface area contributed by atoms with E-state index in [1.54, 1.807) is 4.90 Å². The topological polar surface area (TPSA) is 132 Å². The Hall–Kier alpha value is -2.32. The lowest BCUT2D eigenvalue weighted by Crippen LogP contribution is -2.45. The Morgan fingerprint density at radius 2 is 2.30 bits per heavy atom. The molecule has 1 aliphatic rings. The molecule has 0 aliphatic carbocycles. The minimum atomic E-state index is -0.536. The summed E-state index contributed by atoms with van der Waals surface area (Å²) < 4.78 is 1.42. The summed E-state index contributed by atoms with van der Waals surface area (Å²) in [7, 11) is 0. The summed E-state index contributed by atoms with van der Waals surface area (Å²) in [5.41, 5.74) is 10.5. The van der Waals surface area contributed by atoms with Crippen LogP contribution in [0.15, 0.2) is 6.33 Å². The number of nitrogens with zero attached hydrogens (tertiary/aromatic N) is 4. The number of piperidine rings is 1. The second-order valence-electron chi connectivity index (χ2n) is 4.89. The van der Waals surface area contributed by atoms with Crippen molar-refractivity contribution in [2.45, 2.75) is 19.4 Å². The summed E-state index contributed by atoms with van der Waals surface area (Å²) in [5, 5.41) is 6.47. The molecular formula is C11H19N7O2. The van der Waals surface area contributed by atoms with Gasteiger partial charge in [0.1, 0.15) is 12.9 Å². The van der Waals surface area contributed by atoms with Crippen molar-refractivity contribution in [1.29, 1.82) is 0 Å². The van der Waals surface area contributed by atoms with E-state index < -0.39 is 6.03 Å². The van der Waals surface area contributed by atoms with Gasteiger partial charge in [0.15, 0.2) is 0 Å². The number of rotatable bonds is 4. The van der Waals surface area contributed by atoms with E-state index in [-0.39, 0.29) is 24.3 Å². The number of nitrogen functional groups attached to an aromatic ring is 1. The summed E-state index contributed by atoms with van der Waals surface area (Å²) in [6.07, 6.45) is 3.32. The molecular weight excluding hydrogens is 262 g/mol. The van der Waals surface area contributed by atoms with Gasteiger partial charge in [-0.1, -0.05) is 0 Å². The standard InChI is InChI=1S/C11H19N7O2/c12-10-15-7-18(16-10)6-9(19)17-3-1-2-8(5-17)4-14-11(13)20/h7-8H,1-6H2,(H2,12,16)(H3,13,14,20). The molecule has 1 saturated heterocycles. The minimum absolute atomic E-state index is 0.0290. The SMILES string of the molecule is NC(=O)NCC1CCCN(C(=O)Cn2cnc(N)n2)C1. The van der Waals surface area contributed by atoms with E-state index in [4.69, 9.17) is 11.5 Å². The van der Waals surface area contributed by atoms with Crippen LogP contribution < -0.4 is 16.8 Å². The van der Waals surface area contributed by atoms with Gasteiger partial charge in [0.25, 0.3) is 0 Å². The van der Waals surface area contributed by atoms with E-state index in [0.717, 1.165) is 19.4 Å². The van der Waals surface area contributed by atoms with Crippen molar-refractivity contribution in [2.75, 3.05) is 25.4 Å². The molecule has 0 aromatic carbocycles. The van der Waals surface area contributed by atoms with Crippen LogP contribution in [0.4, 0.5) is 10.7 Å². The van der Waals surface area contributed by atoms with Gasteiger partial charge in [0, 0.05) is 19.6 Å². The molecule has 1 aromatic rings. The van der Waals surface area contributed by atoms with Gasteiger partial charge >= 0.3 is 6.03 Å². The molecule has 0 radical (unpaired) electrons. The number of urea groups is 1. The lowest BCUT2D eigenvalue weighted by molar-refractivity contribution is -0.133. The van der Waals surface area contributed by atoms with Gasteiger partial charge in [-0.25, -0.2) is 14.5 Å². The van der Waals surface area contributed by atoms with Gasteiger partial charge in [-0.2, -0.15) is 0 Å². The first-order valence-electron chi connectivity index (χ1n) is 6.50. The third-order valence-corrected chi connectivity index (χ3v) is 3.29. The number of likely N-dealkylation sites (tertiary alicyclic amines) is 1. The van der Waals surface area contributed by atoms with Gasteiger partial charge in [0.2, 0.25) is 11.9 Å². The molecule has 1 unspecified atom stereocenters.